The Balaban J connectivity index is 0.791. The molecule has 0 spiro atoms. The molecule has 21 heteroatoms. The molecule has 6 N–H and O–H groups in total. The van der Waals surface area contributed by atoms with Gasteiger partial charge < -0.3 is 55.0 Å². The van der Waals surface area contributed by atoms with Gasteiger partial charge in [0.1, 0.15) is 25.5 Å². The molecule has 2 atom stereocenters. The van der Waals surface area contributed by atoms with Crippen LogP contribution in [0.1, 0.15) is 75.0 Å². The van der Waals surface area contributed by atoms with E-state index in [-0.39, 0.29) is 86.3 Å². The first-order chi connectivity index (χ1) is 32.3. The van der Waals surface area contributed by atoms with Gasteiger partial charge in [0, 0.05) is 54.7 Å². The third-order valence-electron chi connectivity index (χ3n) is 11.5. The molecule has 0 saturated carbocycles. The number of rotatable bonds is 27. The summed E-state index contributed by atoms with van der Waals surface area (Å²) >= 11 is 0. The van der Waals surface area contributed by atoms with Gasteiger partial charge >= 0.3 is 11.9 Å². The summed E-state index contributed by atoms with van der Waals surface area (Å²) in [6.07, 6.45) is 6.09. The Hall–Kier alpha value is -6.55. The van der Waals surface area contributed by atoms with E-state index in [1.165, 1.54) is 27.7 Å². The minimum atomic E-state index is -1.95. The number of nitrogens with two attached hydrogens (primary N) is 1. The number of phenolic OH excluding ortho intramolecular Hbond substituents is 1. The van der Waals surface area contributed by atoms with Gasteiger partial charge in [-0.15, -0.1) is 0 Å². The van der Waals surface area contributed by atoms with Gasteiger partial charge in [-0.1, -0.05) is 13.3 Å². The van der Waals surface area contributed by atoms with Crippen molar-refractivity contribution in [3.63, 3.8) is 0 Å². The van der Waals surface area contributed by atoms with E-state index >= 15 is 0 Å². The fourth-order valence-electron chi connectivity index (χ4n) is 7.89. The number of nitrogens with zero attached hydrogens (tertiary/aromatic N) is 3. The lowest BCUT2D eigenvalue weighted by Gasteiger charge is -2.35. The molecule has 2 aromatic heterocycles. The van der Waals surface area contributed by atoms with E-state index in [0.29, 0.717) is 93.8 Å². The number of aromatic hydroxyl groups is 1. The van der Waals surface area contributed by atoms with Crippen LogP contribution in [-0.4, -0.2) is 133 Å². The second-order valence-electron chi connectivity index (χ2n) is 16.2. The second kappa shape index (κ2) is 23.8. The molecule has 360 valence electrons. The van der Waals surface area contributed by atoms with Crippen LogP contribution in [-0.2, 0) is 76.0 Å². The summed E-state index contributed by atoms with van der Waals surface area (Å²) in [5.74, 6) is -3.34. The van der Waals surface area contributed by atoms with Gasteiger partial charge in [-0.25, -0.2) is 9.78 Å². The number of pyridine rings is 2. The van der Waals surface area contributed by atoms with E-state index in [1.54, 1.807) is 25.1 Å². The molecule has 5 heterocycles. The summed E-state index contributed by atoms with van der Waals surface area (Å²) in [5, 5.41) is 18.6. The number of hydrogen-bond donors (Lipinski definition) is 5. The van der Waals surface area contributed by atoms with E-state index in [9.17, 15) is 43.5 Å². The van der Waals surface area contributed by atoms with Crippen molar-refractivity contribution in [1.82, 2.24) is 30.4 Å². The van der Waals surface area contributed by atoms with Gasteiger partial charge in [0.2, 0.25) is 23.3 Å². The van der Waals surface area contributed by atoms with Crippen molar-refractivity contribution >= 4 is 52.4 Å². The van der Waals surface area contributed by atoms with Gasteiger partial charge in [0.05, 0.1) is 68.1 Å². The number of phenols is 1. The standard InChI is InChI=1S/C46H57N7O14/c1-2-46(33-24-36-42-30(22-29-23-31(54)10-11-35(29)51-42)26-53(36)44(61)32(33)27-66-45(46)62)67-41(59)25-50-43(60)34(47)8-5-6-14-48-38(56)28-65-21-20-64-19-18-63-17-15-49-37(55)9-4-3-7-16-52-39(57)12-13-40(52)58/h10-13,22-24,34,54H,2-9,14-21,25-28,47H2,1H3,(H,48,56)(H,49,55)(H,50,60)/t34?,46-/m0/s1. The van der Waals surface area contributed by atoms with Crippen LogP contribution < -0.4 is 27.2 Å². The molecule has 5 amide bonds. The van der Waals surface area contributed by atoms with Crippen LogP contribution in [0.4, 0.5) is 0 Å². The summed E-state index contributed by atoms with van der Waals surface area (Å²) in [6.45, 7) is 3.19. The van der Waals surface area contributed by atoms with Crippen LogP contribution in [0.15, 0.2) is 47.3 Å². The second-order valence-corrected chi connectivity index (χ2v) is 16.2. The summed E-state index contributed by atoms with van der Waals surface area (Å²) < 4.78 is 28.9. The molecule has 1 aromatic carbocycles. The molecular formula is C46H57N7O14. The predicted octanol–water partition coefficient (Wildman–Crippen LogP) is 0.718. The molecule has 67 heavy (non-hydrogen) atoms. The highest BCUT2D eigenvalue weighted by molar-refractivity contribution is 6.12. The van der Waals surface area contributed by atoms with Crippen molar-refractivity contribution in [2.75, 3.05) is 65.8 Å². The molecule has 6 rings (SSSR count). The number of fused-ring (bicyclic) bond motifs is 5. The van der Waals surface area contributed by atoms with Crippen LogP contribution in [0.2, 0.25) is 0 Å². The van der Waals surface area contributed by atoms with Crippen LogP contribution in [0.3, 0.4) is 0 Å². The number of carbonyl (C=O) groups excluding carboxylic acids is 7. The summed E-state index contributed by atoms with van der Waals surface area (Å²) in [4.78, 5) is 106. The van der Waals surface area contributed by atoms with Crippen molar-refractivity contribution in [2.45, 2.75) is 83.1 Å². The van der Waals surface area contributed by atoms with E-state index in [2.05, 4.69) is 16.0 Å². The largest absolute Gasteiger partial charge is 0.508 e. The van der Waals surface area contributed by atoms with Crippen molar-refractivity contribution in [3.05, 3.63) is 69.5 Å². The Kier molecular flexibility index (Phi) is 17.7. The topological polar surface area (TPSA) is 286 Å². The molecule has 3 aromatic rings. The smallest absolute Gasteiger partial charge is 0.355 e. The average Bonchev–Trinajstić information content (AvgIpc) is 3.83. The molecule has 1 unspecified atom stereocenters. The van der Waals surface area contributed by atoms with Crippen molar-refractivity contribution in [1.29, 1.82) is 0 Å². The SMILES string of the molecule is CC[C@@]1(OC(=O)CNC(=O)C(N)CCCCNC(=O)COCCOCCOCCNC(=O)CCCCCN2C(=O)C=CC2=O)C(=O)OCc2c1cc1n(c2=O)Cc2cc3cc(O)ccc3nc2-1. The maximum absolute atomic E-state index is 13.8. The fourth-order valence-corrected chi connectivity index (χ4v) is 7.89. The summed E-state index contributed by atoms with van der Waals surface area (Å²) in [6, 6.07) is 7.27. The van der Waals surface area contributed by atoms with E-state index in [4.69, 9.17) is 34.4 Å². The third kappa shape index (κ3) is 12.9. The number of hydrogen-bond acceptors (Lipinski definition) is 16. The number of cyclic esters (lactones) is 1. The number of aromatic nitrogens is 2. The normalized spacial score (nSPS) is 16.3. The van der Waals surface area contributed by atoms with Gasteiger partial charge in [-0.3, -0.25) is 38.5 Å². The Morgan fingerprint density at radius 1 is 0.866 bits per heavy atom. The number of ether oxygens (including phenoxy) is 5. The Bertz CT molecular complexity index is 2420. The Morgan fingerprint density at radius 2 is 1.60 bits per heavy atom. The first-order valence-electron chi connectivity index (χ1n) is 22.4. The van der Waals surface area contributed by atoms with Gasteiger partial charge in [0.25, 0.3) is 17.4 Å². The van der Waals surface area contributed by atoms with Gasteiger partial charge in [-0.05, 0) is 68.9 Å². The number of unbranched alkanes of at least 4 members (excludes halogenated alkanes) is 3. The van der Waals surface area contributed by atoms with Crippen LogP contribution in [0.5, 0.6) is 5.75 Å². The molecule has 0 saturated heterocycles. The molecule has 0 radical (unpaired) electrons. The van der Waals surface area contributed by atoms with Crippen LogP contribution in [0.25, 0.3) is 22.3 Å². The summed E-state index contributed by atoms with van der Waals surface area (Å²) in [5.41, 5.74) is 6.36. The zero-order chi connectivity index (χ0) is 47.9. The first-order valence-corrected chi connectivity index (χ1v) is 22.4. The molecule has 0 aliphatic carbocycles. The lowest BCUT2D eigenvalue weighted by atomic mass is 9.85. The summed E-state index contributed by atoms with van der Waals surface area (Å²) in [7, 11) is 0. The molecule has 0 fully saturated rings. The zero-order valence-electron chi connectivity index (χ0n) is 37.4. The third-order valence-corrected chi connectivity index (χ3v) is 11.5. The van der Waals surface area contributed by atoms with E-state index < -0.39 is 41.6 Å². The number of esters is 2. The van der Waals surface area contributed by atoms with Crippen molar-refractivity contribution < 1.29 is 62.4 Å². The van der Waals surface area contributed by atoms with E-state index in [0.717, 1.165) is 12.0 Å². The maximum atomic E-state index is 13.8. The van der Waals surface area contributed by atoms with Crippen LogP contribution >= 0.6 is 0 Å². The molecular weight excluding hydrogens is 875 g/mol. The first kappa shape index (κ1) is 49.9. The number of amides is 5. The Labute approximate surface area is 385 Å². The minimum absolute atomic E-state index is 0.0571. The molecule has 0 bridgehead atoms. The van der Waals surface area contributed by atoms with Crippen LogP contribution in [0, 0.1) is 0 Å². The lowest BCUT2D eigenvalue weighted by molar-refractivity contribution is -0.189. The number of carbonyl (C=O) groups is 7. The predicted molar refractivity (Wildman–Crippen MR) is 238 cm³/mol. The molecule has 21 nitrogen and oxygen atoms in total. The van der Waals surface area contributed by atoms with E-state index in [1.807, 2.05) is 6.07 Å². The number of nitrogens with one attached hydrogen (secondary N) is 3. The highest BCUT2D eigenvalue weighted by atomic mass is 16.6. The maximum Gasteiger partial charge on any atom is 0.355 e. The van der Waals surface area contributed by atoms with Crippen molar-refractivity contribution in [3.8, 4) is 17.1 Å². The highest BCUT2D eigenvalue weighted by Crippen LogP contribution is 2.41. The molecule has 3 aliphatic heterocycles. The average molecular weight is 932 g/mol. The number of imide groups is 1. The monoisotopic (exact) mass is 931 g/mol. The molecule has 3 aliphatic rings. The highest BCUT2D eigenvalue weighted by Gasteiger charge is 2.50. The quantitative estimate of drug-likeness (QED) is 0.0313. The number of benzene rings is 1. The minimum Gasteiger partial charge on any atom is -0.508 e. The van der Waals surface area contributed by atoms with Crippen molar-refractivity contribution in [2.24, 2.45) is 5.73 Å². The zero-order valence-corrected chi connectivity index (χ0v) is 37.4. The Morgan fingerprint density at radius 3 is 2.36 bits per heavy atom. The fraction of sp³-hybridized carbons (Fsp3) is 0.500. The lowest BCUT2D eigenvalue weighted by Crippen LogP contribution is -2.49. The van der Waals surface area contributed by atoms with Gasteiger partial charge in [0.15, 0.2) is 0 Å². The van der Waals surface area contributed by atoms with Gasteiger partial charge in [-0.2, -0.15) is 0 Å².